The van der Waals surface area contributed by atoms with Crippen LogP contribution >= 0.6 is 0 Å². The number of nitrogens with zero attached hydrogens (tertiary/aromatic N) is 3. The van der Waals surface area contributed by atoms with Crippen LogP contribution in [0, 0.1) is 10.1 Å². The lowest BCUT2D eigenvalue weighted by Crippen LogP contribution is -2.18. The van der Waals surface area contributed by atoms with Gasteiger partial charge in [-0.2, -0.15) is 0 Å². The number of rotatable bonds is 2. The van der Waals surface area contributed by atoms with Gasteiger partial charge < -0.3 is 0 Å². The maximum absolute atomic E-state index is 12.8. The van der Waals surface area contributed by atoms with Gasteiger partial charge in [-0.15, -0.1) is 5.12 Å². The van der Waals surface area contributed by atoms with Gasteiger partial charge in [-0.1, -0.05) is 4.48 Å². The number of amides is 1. The Labute approximate surface area is 78.1 Å². The van der Waals surface area contributed by atoms with Crippen molar-refractivity contribution in [2.24, 2.45) is 0 Å². The molecule has 1 aromatic heterocycles. The second kappa shape index (κ2) is 3.77. The third kappa shape index (κ3) is 2.00. The summed E-state index contributed by atoms with van der Waals surface area (Å²) in [6, 6.07) is 2.12. The van der Waals surface area contributed by atoms with Crippen LogP contribution in [0.3, 0.4) is 0 Å². The Morgan fingerprint density at radius 1 is 1.64 bits per heavy atom. The summed E-state index contributed by atoms with van der Waals surface area (Å²) in [5, 5.41) is 10.0. The molecule has 0 aliphatic rings. The van der Waals surface area contributed by atoms with E-state index in [0.717, 1.165) is 25.3 Å². The van der Waals surface area contributed by atoms with Crippen molar-refractivity contribution in [3.05, 3.63) is 28.4 Å². The zero-order valence-corrected chi connectivity index (χ0v) is 7.18. The van der Waals surface area contributed by atoms with Crippen LogP contribution in [-0.4, -0.2) is 15.8 Å². The maximum atomic E-state index is 12.8. The molecular formula is C7H6FN3O3. The number of anilines is 1. The van der Waals surface area contributed by atoms with Gasteiger partial charge in [0, 0.05) is 13.0 Å². The molecule has 7 heteroatoms. The Kier molecular flexibility index (Phi) is 2.70. The van der Waals surface area contributed by atoms with Crippen LogP contribution in [0.2, 0.25) is 0 Å². The zero-order chi connectivity index (χ0) is 10.7. The number of nitro groups is 1. The van der Waals surface area contributed by atoms with E-state index in [1.165, 1.54) is 0 Å². The van der Waals surface area contributed by atoms with Crippen LogP contribution in [0.5, 0.6) is 0 Å². The van der Waals surface area contributed by atoms with Crippen molar-refractivity contribution in [3.63, 3.8) is 0 Å². The SMILES string of the molecule is CC(=O)N(F)c1ccc([N+](=O)[O-])cn1. The second-order valence-electron chi connectivity index (χ2n) is 2.43. The third-order valence-corrected chi connectivity index (χ3v) is 1.42. The highest BCUT2D eigenvalue weighted by molar-refractivity contribution is 5.87. The molecule has 0 aromatic carbocycles. The lowest BCUT2D eigenvalue weighted by molar-refractivity contribution is -0.385. The average molecular weight is 199 g/mol. The van der Waals surface area contributed by atoms with Crippen molar-refractivity contribution < 1.29 is 14.2 Å². The predicted molar refractivity (Wildman–Crippen MR) is 45.2 cm³/mol. The first kappa shape index (κ1) is 10.0. The lowest BCUT2D eigenvalue weighted by atomic mass is 10.4. The van der Waals surface area contributed by atoms with E-state index < -0.39 is 10.8 Å². The van der Waals surface area contributed by atoms with E-state index in [1.807, 2.05) is 0 Å². The second-order valence-corrected chi connectivity index (χ2v) is 2.43. The summed E-state index contributed by atoms with van der Waals surface area (Å²) >= 11 is 0. The fraction of sp³-hybridized carbons (Fsp3) is 0.143. The fourth-order valence-corrected chi connectivity index (χ4v) is 0.764. The van der Waals surface area contributed by atoms with Crippen LogP contribution in [0.4, 0.5) is 16.0 Å². The van der Waals surface area contributed by atoms with E-state index in [0.29, 0.717) is 0 Å². The largest absolute Gasteiger partial charge is 0.287 e. The molecule has 0 unspecified atom stereocenters. The molecule has 0 saturated carbocycles. The third-order valence-electron chi connectivity index (χ3n) is 1.42. The quantitative estimate of drug-likeness (QED) is 0.407. The Hall–Kier alpha value is -2.05. The van der Waals surface area contributed by atoms with Crippen molar-refractivity contribution in [2.75, 3.05) is 5.12 Å². The molecule has 0 aliphatic heterocycles. The van der Waals surface area contributed by atoms with Crippen molar-refractivity contribution in [1.29, 1.82) is 0 Å². The highest BCUT2D eigenvalue weighted by atomic mass is 19.2. The number of carbonyl (C=O) groups excluding carboxylic acids is 1. The summed E-state index contributed by atoms with van der Waals surface area (Å²) in [6.45, 7) is 1.02. The number of hydrogen-bond acceptors (Lipinski definition) is 4. The van der Waals surface area contributed by atoms with Crippen molar-refractivity contribution in [3.8, 4) is 0 Å². The van der Waals surface area contributed by atoms with E-state index >= 15 is 0 Å². The van der Waals surface area contributed by atoms with Crippen LogP contribution in [-0.2, 0) is 4.79 Å². The minimum Gasteiger partial charge on any atom is -0.272 e. The topological polar surface area (TPSA) is 76.3 Å². The van der Waals surface area contributed by atoms with Crippen LogP contribution in [0.1, 0.15) is 6.92 Å². The molecule has 1 amide bonds. The van der Waals surface area contributed by atoms with Crippen molar-refractivity contribution in [1.82, 2.24) is 4.98 Å². The molecule has 0 aliphatic carbocycles. The minimum absolute atomic E-state index is 0.191. The van der Waals surface area contributed by atoms with Gasteiger partial charge in [0.15, 0.2) is 5.82 Å². The smallest absolute Gasteiger partial charge is 0.272 e. The Balaban J connectivity index is 2.94. The van der Waals surface area contributed by atoms with E-state index in [-0.39, 0.29) is 16.6 Å². The first-order valence-electron chi connectivity index (χ1n) is 3.59. The Morgan fingerprint density at radius 3 is 2.64 bits per heavy atom. The van der Waals surface area contributed by atoms with E-state index in [9.17, 15) is 19.4 Å². The molecular weight excluding hydrogens is 193 g/mol. The van der Waals surface area contributed by atoms with Gasteiger partial charge in [-0.3, -0.25) is 14.9 Å². The Bertz CT molecular complexity index is 365. The summed E-state index contributed by atoms with van der Waals surface area (Å²) in [6.07, 6.45) is 0.880. The molecule has 1 rings (SSSR count). The summed E-state index contributed by atoms with van der Waals surface area (Å²) in [5.74, 6) is -1.12. The minimum atomic E-state index is -0.841. The van der Waals surface area contributed by atoms with Gasteiger partial charge in [0.25, 0.3) is 11.6 Å². The molecule has 0 atom stereocenters. The molecule has 0 N–H and O–H groups in total. The molecule has 6 nitrogen and oxygen atoms in total. The first-order chi connectivity index (χ1) is 6.52. The normalized spacial score (nSPS) is 9.57. The fourth-order valence-electron chi connectivity index (χ4n) is 0.764. The van der Waals surface area contributed by atoms with Crippen LogP contribution in [0.25, 0.3) is 0 Å². The lowest BCUT2D eigenvalue weighted by Gasteiger charge is -2.06. The molecule has 0 fully saturated rings. The predicted octanol–water partition coefficient (Wildman–Crippen LogP) is 1.23. The molecule has 0 spiro atoms. The standard InChI is InChI=1S/C7H6FN3O3/c1-5(12)10(8)7-3-2-6(4-9-7)11(13)14/h2-4H,1H3. The number of carbonyl (C=O) groups is 1. The Morgan fingerprint density at radius 2 is 2.29 bits per heavy atom. The number of hydrogen-bond donors (Lipinski definition) is 0. The van der Waals surface area contributed by atoms with E-state index in [2.05, 4.69) is 4.98 Å². The number of pyridine rings is 1. The van der Waals surface area contributed by atoms with Gasteiger partial charge in [-0.25, -0.2) is 4.98 Å². The van der Waals surface area contributed by atoms with E-state index in [4.69, 9.17) is 0 Å². The molecule has 0 bridgehead atoms. The van der Waals surface area contributed by atoms with E-state index in [1.54, 1.807) is 0 Å². The number of aromatic nitrogens is 1. The maximum Gasteiger partial charge on any atom is 0.287 e. The summed E-state index contributed by atoms with van der Waals surface area (Å²) < 4.78 is 12.8. The van der Waals surface area contributed by atoms with Gasteiger partial charge in [0.2, 0.25) is 0 Å². The van der Waals surface area contributed by atoms with Crippen molar-refractivity contribution >= 4 is 17.4 Å². The first-order valence-corrected chi connectivity index (χ1v) is 3.59. The van der Waals surface area contributed by atoms with Gasteiger partial charge in [0.05, 0.1) is 4.92 Å². The van der Waals surface area contributed by atoms with Gasteiger partial charge in [0.1, 0.15) is 6.20 Å². The zero-order valence-electron chi connectivity index (χ0n) is 7.18. The highest BCUT2D eigenvalue weighted by Gasteiger charge is 2.13. The van der Waals surface area contributed by atoms with Gasteiger partial charge >= 0.3 is 0 Å². The summed E-state index contributed by atoms with van der Waals surface area (Å²) in [4.78, 5) is 23.5. The molecule has 0 saturated heterocycles. The van der Waals surface area contributed by atoms with Gasteiger partial charge in [-0.05, 0) is 6.07 Å². The molecule has 14 heavy (non-hydrogen) atoms. The highest BCUT2D eigenvalue weighted by Crippen LogP contribution is 2.15. The number of halogens is 1. The monoisotopic (exact) mass is 199 g/mol. The van der Waals surface area contributed by atoms with Crippen LogP contribution < -0.4 is 5.12 Å². The molecule has 0 radical (unpaired) electrons. The summed E-state index contributed by atoms with van der Waals surface area (Å²) in [7, 11) is 0. The molecule has 1 heterocycles. The van der Waals surface area contributed by atoms with Crippen molar-refractivity contribution in [2.45, 2.75) is 6.92 Å². The summed E-state index contributed by atoms with van der Waals surface area (Å²) in [5.41, 5.74) is -0.259. The van der Waals surface area contributed by atoms with Crippen LogP contribution in [0.15, 0.2) is 18.3 Å². The molecule has 74 valence electrons. The average Bonchev–Trinajstić information content (AvgIpc) is 2.16. The molecule has 1 aromatic rings.